The third kappa shape index (κ3) is 3.21. The van der Waals surface area contributed by atoms with E-state index >= 15 is 0 Å². The lowest BCUT2D eigenvalue weighted by molar-refractivity contribution is 0.577. The van der Waals surface area contributed by atoms with Gasteiger partial charge in [-0.25, -0.2) is 0 Å². The Labute approximate surface area is 116 Å². The lowest BCUT2D eigenvalue weighted by Crippen LogP contribution is -2.32. The number of anilines is 2. The van der Waals surface area contributed by atoms with Gasteiger partial charge in [-0.15, -0.1) is 0 Å². The van der Waals surface area contributed by atoms with Crippen LogP contribution in [0.25, 0.3) is 0 Å². The van der Waals surface area contributed by atoms with Gasteiger partial charge in [0.25, 0.3) is 0 Å². The van der Waals surface area contributed by atoms with Crippen LogP contribution in [0.15, 0.2) is 24.3 Å². The largest absolute Gasteiger partial charge is 0.382 e. The van der Waals surface area contributed by atoms with Crippen LogP contribution in [0.3, 0.4) is 0 Å². The fourth-order valence-corrected chi connectivity index (χ4v) is 3.20. The third-order valence-corrected chi connectivity index (χ3v) is 4.30. The molecule has 2 aliphatic heterocycles. The molecule has 2 aliphatic rings. The van der Waals surface area contributed by atoms with Gasteiger partial charge in [0.1, 0.15) is 0 Å². The van der Waals surface area contributed by atoms with Crippen molar-refractivity contribution in [2.45, 2.75) is 38.1 Å². The van der Waals surface area contributed by atoms with Crippen molar-refractivity contribution in [1.29, 1.82) is 0 Å². The Morgan fingerprint density at radius 2 is 1.95 bits per heavy atom. The number of piperidine rings is 1. The first-order valence-corrected chi connectivity index (χ1v) is 7.75. The molecule has 1 atom stereocenters. The highest BCUT2D eigenvalue weighted by Gasteiger charge is 2.16. The predicted octanol–water partition coefficient (Wildman–Crippen LogP) is 2.84. The Morgan fingerprint density at radius 1 is 1.11 bits per heavy atom. The van der Waals surface area contributed by atoms with Gasteiger partial charge in [-0.05, 0) is 50.8 Å². The van der Waals surface area contributed by atoms with Crippen LogP contribution >= 0.6 is 0 Å². The summed E-state index contributed by atoms with van der Waals surface area (Å²) in [5, 5.41) is 7.20. The lowest BCUT2D eigenvalue weighted by atomic mass is 10.1. The Bertz CT molecular complexity index is 393. The second-order valence-electron chi connectivity index (χ2n) is 5.74. The summed E-state index contributed by atoms with van der Waals surface area (Å²) in [4.78, 5) is 2.54. The van der Waals surface area contributed by atoms with E-state index in [1.807, 2.05) is 0 Å². The van der Waals surface area contributed by atoms with Crippen molar-refractivity contribution < 1.29 is 0 Å². The van der Waals surface area contributed by atoms with Crippen molar-refractivity contribution in [3.05, 3.63) is 24.3 Å². The Morgan fingerprint density at radius 3 is 2.74 bits per heavy atom. The van der Waals surface area contributed by atoms with Crippen molar-refractivity contribution in [3.8, 4) is 0 Å². The van der Waals surface area contributed by atoms with Gasteiger partial charge in [-0.3, -0.25) is 0 Å². The molecule has 0 aliphatic carbocycles. The molecule has 3 heteroatoms. The number of rotatable bonds is 4. The Kier molecular flexibility index (Phi) is 4.23. The second kappa shape index (κ2) is 6.29. The zero-order chi connectivity index (χ0) is 12.9. The number of benzene rings is 1. The van der Waals surface area contributed by atoms with Crippen LogP contribution in [0.1, 0.15) is 32.1 Å². The summed E-state index contributed by atoms with van der Waals surface area (Å²) in [5.41, 5.74) is 2.69. The molecule has 1 aromatic carbocycles. The summed E-state index contributed by atoms with van der Waals surface area (Å²) >= 11 is 0. The molecule has 2 fully saturated rings. The average molecular weight is 259 g/mol. The monoisotopic (exact) mass is 259 g/mol. The minimum Gasteiger partial charge on any atom is -0.382 e. The van der Waals surface area contributed by atoms with Gasteiger partial charge in [-0.2, -0.15) is 0 Å². The van der Waals surface area contributed by atoms with Gasteiger partial charge in [0.05, 0.1) is 11.4 Å². The van der Waals surface area contributed by atoms with E-state index < -0.39 is 0 Å². The molecule has 2 N–H and O–H groups in total. The van der Waals surface area contributed by atoms with Crippen molar-refractivity contribution in [2.24, 2.45) is 0 Å². The summed E-state index contributed by atoms with van der Waals surface area (Å²) in [6, 6.07) is 9.42. The van der Waals surface area contributed by atoms with Gasteiger partial charge in [0.15, 0.2) is 0 Å². The van der Waals surface area contributed by atoms with Crippen LogP contribution in [0.5, 0.6) is 0 Å². The molecule has 0 radical (unpaired) electrons. The van der Waals surface area contributed by atoms with Crippen molar-refractivity contribution in [3.63, 3.8) is 0 Å². The molecule has 0 bridgehead atoms. The van der Waals surface area contributed by atoms with Crippen molar-refractivity contribution in [1.82, 2.24) is 5.32 Å². The minimum absolute atomic E-state index is 0.648. The molecule has 0 aromatic heterocycles. The topological polar surface area (TPSA) is 27.3 Å². The van der Waals surface area contributed by atoms with Crippen LogP contribution in [-0.4, -0.2) is 32.2 Å². The highest BCUT2D eigenvalue weighted by molar-refractivity contribution is 5.70. The van der Waals surface area contributed by atoms with E-state index in [2.05, 4.69) is 39.8 Å². The summed E-state index contributed by atoms with van der Waals surface area (Å²) in [7, 11) is 0. The average Bonchev–Trinajstić information content (AvgIpc) is 3.00. The van der Waals surface area contributed by atoms with Gasteiger partial charge >= 0.3 is 0 Å². The first-order chi connectivity index (χ1) is 9.43. The van der Waals surface area contributed by atoms with E-state index in [4.69, 9.17) is 0 Å². The molecule has 0 spiro atoms. The SMILES string of the molecule is c1ccc(N2CCCCC2)c(NCC2CCCN2)c1. The maximum atomic E-state index is 3.65. The maximum absolute atomic E-state index is 3.65. The minimum atomic E-state index is 0.648. The molecular formula is C16H25N3. The predicted molar refractivity (Wildman–Crippen MR) is 82.0 cm³/mol. The van der Waals surface area contributed by atoms with Gasteiger partial charge in [0, 0.05) is 25.7 Å². The van der Waals surface area contributed by atoms with Gasteiger partial charge in [-0.1, -0.05) is 12.1 Å². The van der Waals surface area contributed by atoms with Crippen molar-refractivity contribution >= 4 is 11.4 Å². The van der Waals surface area contributed by atoms with Crippen LogP contribution in [-0.2, 0) is 0 Å². The molecule has 104 valence electrons. The normalized spacial score (nSPS) is 23.6. The first-order valence-electron chi connectivity index (χ1n) is 7.75. The Balaban J connectivity index is 1.65. The Hall–Kier alpha value is -1.22. The highest BCUT2D eigenvalue weighted by Crippen LogP contribution is 2.28. The summed E-state index contributed by atoms with van der Waals surface area (Å²) < 4.78 is 0. The number of para-hydroxylation sites is 2. The van der Waals surface area contributed by atoms with Gasteiger partial charge < -0.3 is 15.5 Å². The zero-order valence-electron chi connectivity index (χ0n) is 11.7. The second-order valence-corrected chi connectivity index (χ2v) is 5.74. The molecule has 3 nitrogen and oxygen atoms in total. The van der Waals surface area contributed by atoms with Crippen LogP contribution in [0.2, 0.25) is 0 Å². The molecule has 2 saturated heterocycles. The summed E-state index contributed by atoms with van der Waals surface area (Å²) in [6.45, 7) is 4.64. The molecule has 3 rings (SSSR count). The number of nitrogens with one attached hydrogen (secondary N) is 2. The highest BCUT2D eigenvalue weighted by atomic mass is 15.2. The van der Waals surface area contributed by atoms with Crippen LogP contribution in [0, 0.1) is 0 Å². The summed E-state index contributed by atoms with van der Waals surface area (Å²) in [5.74, 6) is 0. The fraction of sp³-hybridized carbons (Fsp3) is 0.625. The van der Waals surface area contributed by atoms with E-state index in [-0.39, 0.29) is 0 Å². The first kappa shape index (κ1) is 12.8. The molecule has 1 unspecified atom stereocenters. The maximum Gasteiger partial charge on any atom is 0.0602 e. The van der Waals surface area contributed by atoms with E-state index in [1.54, 1.807) is 0 Å². The van der Waals surface area contributed by atoms with E-state index in [9.17, 15) is 0 Å². The van der Waals surface area contributed by atoms with Gasteiger partial charge in [0.2, 0.25) is 0 Å². The molecular weight excluding hydrogens is 234 g/mol. The molecule has 19 heavy (non-hydrogen) atoms. The van der Waals surface area contributed by atoms with Crippen molar-refractivity contribution in [2.75, 3.05) is 36.4 Å². The van der Waals surface area contributed by atoms with E-state index in [0.717, 1.165) is 6.54 Å². The molecule has 0 saturated carbocycles. The molecule has 2 heterocycles. The smallest absolute Gasteiger partial charge is 0.0602 e. The quantitative estimate of drug-likeness (QED) is 0.870. The van der Waals surface area contributed by atoms with Crippen LogP contribution in [0.4, 0.5) is 11.4 Å². The molecule has 1 aromatic rings. The van der Waals surface area contributed by atoms with Crippen LogP contribution < -0.4 is 15.5 Å². The number of hydrogen-bond acceptors (Lipinski definition) is 3. The fourth-order valence-electron chi connectivity index (χ4n) is 3.20. The standard InChI is InChI=1S/C16H25N3/c1-4-11-19(12-5-1)16-9-3-2-8-15(16)18-13-14-7-6-10-17-14/h2-3,8-9,14,17-18H,1,4-7,10-13H2. The van der Waals surface area contributed by atoms with E-state index in [1.165, 1.54) is 63.1 Å². The summed E-state index contributed by atoms with van der Waals surface area (Å²) in [6.07, 6.45) is 6.67. The van der Waals surface area contributed by atoms with E-state index in [0.29, 0.717) is 6.04 Å². The number of nitrogens with zero attached hydrogens (tertiary/aromatic N) is 1. The zero-order valence-corrected chi connectivity index (χ0v) is 11.7. The third-order valence-electron chi connectivity index (χ3n) is 4.30. The lowest BCUT2D eigenvalue weighted by Gasteiger charge is -2.31. The molecule has 0 amide bonds. The number of hydrogen-bond donors (Lipinski definition) is 2.